The molecule has 0 unspecified atom stereocenters. The third-order valence-electron chi connectivity index (χ3n) is 3.25. The van der Waals surface area contributed by atoms with Crippen molar-refractivity contribution in [1.82, 2.24) is 4.57 Å². The van der Waals surface area contributed by atoms with E-state index in [0.29, 0.717) is 21.3 Å². The number of hydrogen-bond acceptors (Lipinski definition) is 4. The van der Waals surface area contributed by atoms with Crippen LogP contribution in [0.4, 0.5) is 11.4 Å². The average molecular weight is 380 g/mol. The van der Waals surface area contributed by atoms with Crippen molar-refractivity contribution < 1.29 is 9.72 Å². The van der Waals surface area contributed by atoms with Crippen LogP contribution in [0, 0.1) is 24.0 Å². The molecule has 0 aliphatic heterocycles. The number of nitrogens with one attached hydrogen (secondary N) is 1. The van der Waals surface area contributed by atoms with E-state index in [1.807, 2.05) is 0 Å². The fourth-order valence-electron chi connectivity index (χ4n) is 2.06. The maximum atomic E-state index is 12.1. The van der Waals surface area contributed by atoms with Gasteiger partial charge in [-0.05, 0) is 41.4 Å². The molecular formula is C15H14BrN3O4. The van der Waals surface area contributed by atoms with Crippen LogP contribution in [0.5, 0.6) is 0 Å². The fraction of sp³-hybridized carbons (Fsp3) is 0.200. The molecule has 0 radical (unpaired) electrons. The van der Waals surface area contributed by atoms with E-state index in [4.69, 9.17) is 0 Å². The molecule has 0 spiro atoms. The summed E-state index contributed by atoms with van der Waals surface area (Å²) < 4.78 is 1.97. The highest BCUT2D eigenvalue weighted by molar-refractivity contribution is 9.10. The summed E-state index contributed by atoms with van der Waals surface area (Å²) in [6, 6.07) is 5.89. The van der Waals surface area contributed by atoms with Gasteiger partial charge >= 0.3 is 0 Å². The fourth-order valence-corrected chi connectivity index (χ4v) is 2.65. The summed E-state index contributed by atoms with van der Waals surface area (Å²) in [7, 11) is 0. The Morgan fingerprint density at radius 2 is 2.00 bits per heavy atom. The Kier molecular flexibility index (Phi) is 4.95. The molecule has 0 saturated heterocycles. The van der Waals surface area contributed by atoms with Gasteiger partial charge in [0.2, 0.25) is 5.91 Å². The number of anilines is 1. The zero-order valence-corrected chi connectivity index (χ0v) is 14.1. The summed E-state index contributed by atoms with van der Waals surface area (Å²) >= 11 is 3.27. The van der Waals surface area contributed by atoms with Crippen LogP contribution in [0.15, 0.2) is 39.7 Å². The topological polar surface area (TPSA) is 94.2 Å². The summed E-state index contributed by atoms with van der Waals surface area (Å²) in [6.45, 7) is 3.21. The largest absolute Gasteiger partial charge is 0.324 e. The van der Waals surface area contributed by atoms with Gasteiger partial charge in [-0.3, -0.25) is 19.7 Å². The zero-order valence-electron chi connectivity index (χ0n) is 12.5. The van der Waals surface area contributed by atoms with Crippen molar-refractivity contribution in [3.8, 4) is 0 Å². The second kappa shape index (κ2) is 6.74. The van der Waals surface area contributed by atoms with E-state index in [0.717, 1.165) is 0 Å². The van der Waals surface area contributed by atoms with E-state index >= 15 is 0 Å². The average Bonchev–Trinajstić information content (AvgIpc) is 2.46. The molecule has 0 atom stereocenters. The van der Waals surface area contributed by atoms with Crippen LogP contribution in [0.1, 0.15) is 11.1 Å². The van der Waals surface area contributed by atoms with Crippen molar-refractivity contribution in [2.75, 3.05) is 5.32 Å². The van der Waals surface area contributed by atoms with Gasteiger partial charge < -0.3 is 9.88 Å². The number of nitro groups is 1. The predicted octanol–water partition coefficient (Wildman–Crippen LogP) is 2.77. The number of halogens is 1. The molecule has 0 aliphatic carbocycles. The lowest BCUT2D eigenvalue weighted by atomic mass is 10.2. The van der Waals surface area contributed by atoms with E-state index in [-0.39, 0.29) is 17.8 Å². The van der Waals surface area contributed by atoms with Gasteiger partial charge in [0.25, 0.3) is 11.2 Å². The highest BCUT2D eigenvalue weighted by atomic mass is 79.9. The van der Waals surface area contributed by atoms with E-state index in [9.17, 15) is 19.7 Å². The number of hydrogen-bond donors (Lipinski definition) is 1. The molecule has 120 valence electrons. The Morgan fingerprint density at radius 1 is 1.30 bits per heavy atom. The zero-order chi connectivity index (χ0) is 17.1. The Hall–Kier alpha value is -2.48. The highest BCUT2D eigenvalue weighted by Gasteiger charge is 2.12. The number of pyridine rings is 1. The lowest BCUT2D eigenvalue weighted by Crippen LogP contribution is -2.28. The molecular weight excluding hydrogens is 366 g/mol. The minimum Gasteiger partial charge on any atom is -0.324 e. The third-order valence-corrected chi connectivity index (χ3v) is 3.69. The smallest absolute Gasteiger partial charge is 0.271 e. The van der Waals surface area contributed by atoms with Crippen molar-refractivity contribution in [1.29, 1.82) is 0 Å². The number of amides is 1. The maximum absolute atomic E-state index is 12.1. The van der Waals surface area contributed by atoms with Crippen LogP contribution < -0.4 is 10.9 Å². The van der Waals surface area contributed by atoms with Gasteiger partial charge in [-0.25, -0.2) is 0 Å². The maximum Gasteiger partial charge on any atom is 0.271 e. The highest BCUT2D eigenvalue weighted by Crippen LogP contribution is 2.21. The molecule has 8 heteroatoms. The molecule has 2 rings (SSSR count). The van der Waals surface area contributed by atoms with Gasteiger partial charge in [0.15, 0.2) is 0 Å². The van der Waals surface area contributed by atoms with Crippen LogP contribution in [0.3, 0.4) is 0 Å². The number of carbonyl (C=O) groups is 1. The molecule has 1 N–H and O–H groups in total. The number of aryl methyl sites for hydroxylation is 2. The lowest BCUT2D eigenvalue weighted by Gasteiger charge is -2.10. The first-order valence-corrected chi connectivity index (χ1v) is 7.48. The SMILES string of the molecule is Cc1ccc([N+](=O)[O-])cc1NC(=O)Cn1cc(Br)cc(C)c1=O. The summed E-state index contributed by atoms with van der Waals surface area (Å²) in [6.07, 6.45) is 1.52. The van der Waals surface area contributed by atoms with Crippen LogP contribution in [0.2, 0.25) is 0 Å². The summed E-state index contributed by atoms with van der Waals surface area (Å²) in [4.78, 5) is 34.4. The molecule has 7 nitrogen and oxygen atoms in total. The minimum absolute atomic E-state index is 0.110. The van der Waals surface area contributed by atoms with Gasteiger partial charge in [-0.1, -0.05) is 6.07 Å². The first-order valence-electron chi connectivity index (χ1n) is 6.69. The first-order chi connectivity index (χ1) is 10.8. The number of aromatic nitrogens is 1. The van der Waals surface area contributed by atoms with Crippen molar-refractivity contribution >= 4 is 33.2 Å². The standard InChI is InChI=1S/C15H14BrN3O4/c1-9-3-4-12(19(22)23)6-13(9)17-14(20)8-18-7-11(16)5-10(2)15(18)21/h3-7H,8H2,1-2H3,(H,17,20). The normalized spacial score (nSPS) is 10.4. The molecule has 1 heterocycles. The molecule has 2 aromatic rings. The predicted molar refractivity (Wildman–Crippen MR) is 89.6 cm³/mol. The van der Waals surface area contributed by atoms with Crippen molar-refractivity contribution in [2.24, 2.45) is 0 Å². The Bertz CT molecular complexity index is 845. The first kappa shape index (κ1) is 16.9. The van der Waals surface area contributed by atoms with E-state index in [1.165, 1.54) is 22.9 Å². The summed E-state index contributed by atoms with van der Waals surface area (Å²) in [5.74, 6) is -0.437. The molecule has 1 aromatic heterocycles. The molecule has 0 fully saturated rings. The number of carbonyl (C=O) groups excluding carboxylic acids is 1. The molecule has 0 bridgehead atoms. The van der Waals surface area contributed by atoms with Gasteiger partial charge in [-0.2, -0.15) is 0 Å². The number of nitro benzene ring substituents is 1. The number of nitrogens with zero attached hydrogens (tertiary/aromatic N) is 2. The molecule has 0 saturated carbocycles. The van der Waals surface area contributed by atoms with Gasteiger partial charge in [0, 0.05) is 28.4 Å². The van der Waals surface area contributed by atoms with Crippen LogP contribution >= 0.6 is 15.9 Å². The summed E-state index contributed by atoms with van der Waals surface area (Å²) in [5.41, 5.74) is 1.19. The van der Waals surface area contributed by atoms with Crippen LogP contribution in [-0.2, 0) is 11.3 Å². The quantitative estimate of drug-likeness (QED) is 0.652. The molecule has 1 amide bonds. The Balaban J connectivity index is 2.22. The van der Waals surface area contributed by atoms with Crippen molar-refractivity contribution in [2.45, 2.75) is 20.4 Å². The second-order valence-corrected chi connectivity index (χ2v) is 5.99. The van der Waals surface area contributed by atoms with Gasteiger partial charge in [-0.15, -0.1) is 0 Å². The van der Waals surface area contributed by atoms with Gasteiger partial charge in [0.1, 0.15) is 6.54 Å². The Labute approximate surface area is 140 Å². The number of rotatable bonds is 4. The molecule has 0 aliphatic rings. The van der Waals surface area contributed by atoms with Gasteiger partial charge in [0.05, 0.1) is 10.6 Å². The second-order valence-electron chi connectivity index (χ2n) is 5.08. The van der Waals surface area contributed by atoms with Crippen molar-refractivity contribution in [3.05, 3.63) is 66.5 Å². The Morgan fingerprint density at radius 3 is 2.65 bits per heavy atom. The molecule has 1 aromatic carbocycles. The lowest BCUT2D eigenvalue weighted by molar-refractivity contribution is -0.384. The minimum atomic E-state index is -0.530. The van der Waals surface area contributed by atoms with E-state index < -0.39 is 10.8 Å². The monoisotopic (exact) mass is 379 g/mol. The summed E-state index contributed by atoms with van der Waals surface area (Å²) in [5, 5.41) is 13.4. The van der Waals surface area contributed by atoms with Crippen LogP contribution in [0.25, 0.3) is 0 Å². The third kappa shape index (κ3) is 4.04. The van der Waals surface area contributed by atoms with E-state index in [1.54, 1.807) is 26.0 Å². The van der Waals surface area contributed by atoms with Crippen molar-refractivity contribution in [3.63, 3.8) is 0 Å². The van der Waals surface area contributed by atoms with E-state index in [2.05, 4.69) is 21.2 Å². The van der Waals surface area contributed by atoms with Crippen LogP contribution in [-0.4, -0.2) is 15.4 Å². The molecule has 23 heavy (non-hydrogen) atoms. The number of benzene rings is 1. The number of non-ortho nitro benzene ring substituents is 1.